The summed E-state index contributed by atoms with van der Waals surface area (Å²) in [5, 5.41) is 0. The molecule has 98 valence electrons. The van der Waals surface area contributed by atoms with Gasteiger partial charge in [-0.25, -0.2) is 9.97 Å². The summed E-state index contributed by atoms with van der Waals surface area (Å²) in [6.07, 6.45) is 2.49. The first-order valence-electron chi connectivity index (χ1n) is 6.66. The third-order valence-corrected chi connectivity index (χ3v) is 3.93. The van der Waals surface area contributed by atoms with Crippen molar-refractivity contribution in [2.45, 2.75) is 24.8 Å². The molecule has 0 amide bonds. The Bertz CT molecular complexity index is 443. The van der Waals surface area contributed by atoms with Gasteiger partial charge in [0.1, 0.15) is 11.6 Å². The third-order valence-electron chi connectivity index (χ3n) is 3.93. The Morgan fingerprint density at radius 1 is 1.22 bits per heavy atom. The highest BCUT2D eigenvalue weighted by Gasteiger charge is 2.30. The zero-order valence-electron chi connectivity index (χ0n) is 11.1. The minimum absolute atomic E-state index is 0.268. The maximum atomic E-state index is 5.93. The maximum Gasteiger partial charge on any atom is 0.149 e. The molecule has 2 heterocycles. The molecule has 0 aromatic carbocycles. The fourth-order valence-corrected chi connectivity index (χ4v) is 2.53. The van der Waals surface area contributed by atoms with Crippen LogP contribution < -0.4 is 5.73 Å². The molecule has 1 atom stereocenters. The molecule has 1 aromatic heterocycles. The number of hydrogen-bond acceptors (Lipinski definition) is 5. The molecule has 5 heteroatoms. The molecule has 2 N–H and O–H groups in total. The number of nitrogens with zero attached hydrogens (tertiary/aromatic N) is 4. The molecule has 2 fully saturated rings. The molecule has 0 spiro atoms. The Hall–Kier alpha value is -1.20. The van der Waals surface area contributed by atoms with E-state index in [0.717, 1.165) is 31.2 Å². The summed E-state index contributed by atoms with van der Waals surface area (Å²) in [6, 6.07) is 2.21. The number of piperazine rings is 1. The van der Waals surface area contributed by atoms with Crippen LogP contribution in [-0.4, -0.2) is 53.5 Å². The van der Waals surface area contributed by atoms with E-state index >= 15 is 0 Å². The van der Waals surface area contributed by atoms with Gasteiger partial charge in [0.15, 0.2) is 0 Å². The van der Waals surface area contributed by atoms with Crippen molar-refractivity contribution < 1.29 is 0 Å². The highest BCUT2D eigenvalue weighted by molar-refractivity contribution is 5.33. The van der Waals surface area contributed by atoms with Gasteiger partial charge in [-0.1, -0.05) is 0 Å². The second-order valence-electron chi connectivity index (χ2n) is 5.61. The normalized spacial score (nSPS) is 26.4. The predicted molar refractivity (Wildman–Crippen MR) is 71.3 cm³/mol. The van der Waals surface area contributed by atoms with Gasteiger partial charge in [0.2, 0.25) is 0 Å². The molecule has 3 rings (SSSR count). The molecule has 1 saturated carbocycles. The lowest BCUT2D eigenvalue weighted by Gasteiger charge is -2.36. The van der Waals surface area contributed by atoms with Crippen LogP contribution >= 0.6 is 0 Å². The molecule has 5 nitrogen and oxygen atoms in total. The van der Waals surface area contributed by atoms with E-state index in [2.05, 4.69) is 28.9 Å². The molecule has 0 bridgehead atoms. The summed E-state index contributed by atoms with van der Waals surface area (Å²) in [6.45, 7) is 3.13. The molecular weight excluding hydrogens is 226 g/mol. The maximum absolute atomic E-state index is 5.93. The van der Waals surface area contributed by atoms with Gasteiger partial charge >= 0.3 is 0 Å². The lowest BCUT2D eigenvalue weighted by molar-refractivity contribution is 0.109. The summed E-state index contributed by atoms with van der Waals surface area (Å²) in [5.41, 5.74) is 7.07. The van der Waals surface area contributed by atoms with Crippen LogP contribution in [0.3, 0.4) is 0 Å². The molecular formula is C13H21N5. The van der Waals surface area contributed by atoms with Gasteiger partial charge in [0, 0.05) is 37.3 Å². The van der Waals surface area contributed by atoms with E-state index in [1.54, 1.807) is 0 Å². The summed E-state index contributed by atoms with van der Waals surface area (Å²) >= 11 is 0. The molecule has 1 aliphatic carbocycles. The van der Waals surface area contributed by atoms with E-state index in [9.17, 15) is 0 Å². The van der Waals surface area contributed by atoms with Crippen LogP contribution in [0.4, 0.5) is 5.82 Å². The number of nitrogens with two attached hydrogens (primary N) is 1. The Balaban J connectivity index is 1.89. The summed E-state index contributed by atoms with van der Waals surface area (Å²) < 4.78 is 0. The van der Waals surface area contributed by atoms with Gasteiger partial charge in [0.05, 0.1) is 6.04 Å². The second-order valence-corrected chi connectivity index (χ2v) is 5.61. The number of rotatable bonds is 2. The van der Waals surface area contributed by atoms with Crippen LogP contribution in [0, 0.1) is 0 Å². The van der Waals surface area contributed by atoms with Crippen LogP contribution in [0.5, 0.6) is 0 Å². The quantitative estimate of drug-likeness (QED) is 0.840. The molecule has 1 unspecified atom stereocenters. The SMILES string of the molecule is CN1CCN(C)C(c2nc(N)cc(C3CC3)n2)C1. The van der Waals surface area contributed by atoms with E-state index in [1.165, 1.54) is 12.8 Å². The first-order valence-corrected chi connectivity index (χ1v) is 6.66. The van der Waals surface area contributed by atoms with E-state index in [4.69, 9.17) is 10.7 Å². The van der Waals surface area contributed by atoms with Gasteiger partial charge in [-0.3, -0.25) is 4.90 Å². The van der Waals surface area contributed by atoms with Crippen molar-refractivity contribution >= 4 is 5.82 Å². The Morgan fingerprint density at radius 3 is 2.72 bits per heavy atom. The van der Waals surface area contributed by atoms with Crippen molar-refractivity contribution in [3.63, 3.8) is 0 Å². The average Bonchev–Trinajstić information content (AvgIpc) is 3.15. The van der Waals surface area contributed by atoms with Crippen LogP contribution in [0.1, 0.15) is 36.3 Å². The zero-order chi connectivity index (χ0) is 12.7. The highest BCUT2D eigenvalue weighted by atomic mass is 15.3. The van der Waals surface area contributed by atoms with Crippen LogP contribution in [0.15, 0.2) is 6.07 Å². The Kier molecular flexibility index (Phi) is 2.95. The average molecular weight is 247 g/mol. The second kappa shape index (κ2) is 4.48. The zero-order valence-corrected chi connectivity index (χ0v) is 11.1. The number of aromatic nitrogens is 2. The summed E-state index contributed by atoms with van der Waals surface area (Å²) in [4.78, 5) is 13.8. The summed E-state index contributed by atoms with van der Waals surface area (Å²) in [5.74, 6) is 2.13. The topological polar surface area (TPSA) is 58.3 Å². The van der Waals surface area contributed by atoms with Gasteiger partial charge in [-0.15, -0.1) is 0 Å². The minimum atomic E-state index is 0.268. The van der Waals surface area contributed by atoms with Crippen molar-refractivity contribution in [2.24, 2.45) is 0 Å². The van der Waals surface area contributed by atoms with Gasteiger partial charge in [-0.2, -0.15) is 0 Å². The fourth-order valence-electron chi connectivity index (χ4n) is 2.53. The number of hydrogen-bond donors (Lipinski definition) is 1. The minimum Gasteiger partial charge on any atom is -0.384 e. The van der Waals surface area contributed by atoms with Gasteiger partial charge in [0.25, 0.3) is 0 Å². The monoisotopic (exact) mass is 247 g/mol. The highest BCUT2D eigenvalue weighted by Crippen LogP contribution is 2.39. The summed E-state index contributed by atoms with van der Waals surface area (Å²) in [7, 11) is 4.29. The van der Waals surface area contributed by atoms with Crippen molar-refractivity contribution in [3.05, 3.63) is 17.6 Å². The van der Waals surface area contributed by atoms with E-state index in [0.29, 0.717) is 11.7 Å². The third kappa shape index (κ3) is 2.33. The van der Waals surface area contributed by atoms with Crippen molar-refractivity contribution in [2.75, 3.05) is 39.5 Å². The van der Waals surface area contributed by atoms with Crippen LogP contribution in [0.25, 0.3) is 0 Å². The number of anilines is 1. The Morgan fingerprint density at radius 2 is 2.00 bits per heavy atom. The molecule has 2 aliphatic rings. The lowest BCUT2D eigenvalue weighted by Crippen LogP contribution is -2.45. The van der Waals surface area contributed by atoms with Crippen LogP contribution in [-0.2, 0) is 0 Å². The number of nitrogen functional groups attached to an aromatic ring is 1. The smallest absolute Gasteiger partial charge is 0.149 e. The standard InChI is InChI=1S/C13H21N5/c1-17-5-6-18(2)11(8-17)13-15-10(9-3-4-9)7-12(14)16-13/h7,9,11H,3-6,8H2,1-2H3,(H2,14,15,16). The first-order chi connectivity index (χ1) is 8.63. The molecule has 0 radical (unpaired) electrons. The van der Waals surface area contributed by atoms with Crippen LogP contribution in [0.2, 0.25) is 0 Å². The molecule has 1 aliphatic heterocycles. The van der Waals surface area contributed by atoms with E-state index in [-0.39, 0.29) is 6.04 Å². The molecule has 1 saturated heterocycles. The molecule has 18 heavy (non-hydrogen) atoms. The number of likely N-dealkylation sites (N-methyl/N-ethyl adjacent to an activating group) is 2. The van der Waals surface area contributed by atoms with E-state index in [1.807, 2.05) is 6.07 Å². The first kappa shape index (κ1) is 11.9. The fraction of sp³-hybridized carbons (Fsp3) is 0.692. The Labute approximate surface area is 108 Å². The largest absolute Gasteiger partial charge is 0.384 e. The van der Waals surface area contributed by atoms with E-state index < -0.39 is 0 Å². The van der Waals surface area contributed by atoms with Crippen molar-refractivity contribution in [1.82, 2.24) is 19.8 Å². The van der Waals surface area contributed by atoms with Crippen molar-refractivity contribution in [3.8, 4) is 0 Å². The lowest BCUT2D eigenvalue weighted by atomic mass is 10.1. The van der Waals surface area contributed by atoms with Gasteiger partial charge < -0.3 is 10.6 Å². The van der Waals surface area contributed by atoms with Crippen molar-refractivity contribution in [1.29, 1.82) is 0 Å². The predicted octanol–water partition coefficient (Wildman–Crippen LogP) is 0.854. The van der Waals surface area contributed by atoms with Gasteiger partial charge in [-0.05, 0) is 26.9 Å². The molecule has 1 aromatic rings.